The lowest BCUT2D eigenvalue weighted by Gasteiger charge is -2.05. The zero-order chi connectivity index (χ0) is 15.8. The molecule has 0 unspecified atom stereocenters. The number of hydrogen-bond acceptors (Lipinski definition) is 4. The molecule has 0 atom stereocenters. The minimum atomic E-state index is -0.914. The molecule has 0 aliphatic heterocycles. The molecule has 0 fully saturated rings. The third-order valence-corrected chi connectivity index (χ3v) is 2.71. The quantitative estimate of drug-likeness (QED) is 0.458. The molecule has 1 rings (SSSR count). The van der Waals surface area contributed by atoms with Crippen LogP contribution >= 0.6 is 11.6 Å². The Morgan fingerprint density at radius 2 is 1.95 bits per heavy atom. The van der Waals surface area contributed by atoms with Crippen molar-refractivity contribution in [1.82, 2.24) is 0 Å². The number of ether oxygens (including phenoxy) is 2. The smallest absolute Gasteiger partial charge is 0.336 e. The molecule has 0 heterocycles. The van der Waals surface area contributed by atoms with Crippen LogP contribution in [0.2, 0.25) is 5.02 Å². The standard InChI is InChI=1S/C15H16ClFO4/c1-10(2)8-9-20-13(18)6-7-14(19)21-15-11(16)4-3-5-12(15)17/h3-7,10H,8-9H2,1-2H3/b7-6+. The maximum Gasteiger partial charge on any atom is 0.336 e. The SMILES string of the molecule is CC(C)CCOC(=O)/C=C/C(=O)Oc1c(F)cccc1Cl. The molecule has 0 aliphatic rings. The van der Waals surface area contributed by atoms with Gasteiger partial charge in [-0.15, -0.1) is 0 Å². The van der Waals surface area contributed by atoms with Gasteiger partial charge in [-0.25, -0.2) is 14.0 Å². The first-order chi connectivity index (χ1) is 9.90. The summed E-state index contributed by atoms with van der Waals surface area (Å²) in [5.41, 5.74) is 0. The minimum absolute atomic E-state index is 0.0312. The summed E-state index contributed by atoms with van der Waals surface area (Å²) in [7, 11) is 0. The number of benzene rings is 1. The largest absolute Gasteiger partial charge is 0.463 e. The lowest BCUT2D eigenvalue weighted by atomic mass is 10.1. The Labute approximate surface area is 127 Å². The highest BCUT2D eigenvalue weighted by Gasteiger charge is 2.11. The van der Waals surface area contributed by atoms with Crippen LogP contribution in [0.3, 0.4) is 0 Å². The van der Waals surface area contributed by atoms with Crippen molar-refractivity contribution in [2.45, 2.75) is 20.3 Å². The predicted molar refractivity (Wildman–Crippen MR) is 76.6 cm³/mol. The van der Waals surface area contributed by atoms with E-state index < -0.39 is 17.8 Å². The van der Waals surface area contributed by atoms with Gasteiger partial charge in [0.25, 0.3) is 0 Å². The second-order valence-electron chi connectivity index (χ2n) is 4.66. The fourth-order valence-corrected chi connectivity index (χ4v) is 1.50. The first-order valence-electron chi connectivity index (χ1n) is 6.40. The van der Waals surface area contributed by atoms with Crippen molar-refractivity contribution in [3.05, 3.63) is 41.2 Å². The molecule has 21 heavy (non-hydrogen) atoms. The number of halogens is 2. The molecule has 0 N–H and O–H groups in total. The molecule has 114 valence electrons. The maximum atomic E-state index is 13.4. The van der Waals surface area contributed by atoms with Gasteiger partial charge in [0.05, 0.1) is 11.6 Å². The fourth-order valence-electron chi connectivity index (χ4n) is 1.29. The van der Waals surface area contributed by atoms with Crippen molar-refractivity contribution in [3.63, 3.8) is 0 Å². The van der Waals surface area contributed by atoms with E-state index in [1.807, 2.05) is 13.8 Å². The molecule has 0 aromatic heterocycles. The van der Waals surface area contributed by atoms with E-state index in [0.717, 1.165) is 24.6 Å². The highest BCUT2D eigenvalue weighted by molar-refractivity contribution is 6.32. The van der Waals surface area contributed by atoms with Gasteiger partial charge in [-0.2, -0.15) is 0 Å². The van der Waals surface area contributed by atoms with Crippen molar-refractivity contribution in [2.24, 2.45) is 5.92 Å². The van der Waals surface area contributed by atoms with Crippen molar-refractivity contribution in [3.8, 4) is 5.75 Å². The summed E-state index contributed by atoms with van der Waals surface area (Å²) in [5, 5.41) is -0.0312. The van der Waals surface area contributed by atoms with E-state index in [-0.39, 0.29) is 17.4 Å². The van der Waals surface area contributed by atoms with Gasteiger partial charge in [0.1, 0.15) is 0 Å². The number of hydrogen-bond donors (Lipinski definition) is 0. The zero-order valence-corrected chi connectivity index (χ0v) is 12.5. The maximum absolute atomic E-state index is 13.4. The number of para-hydroxylation sites is 1. The van der Waals surface area contributed by atoms with Gasteiger partial charge in [-0.05, 0) is 24.5 Å². The van der Waals surface area contributed by atoms with E-state index in [0.29, 0.717) is 5.92 Å². The monoisotopic (exact) mass is 314 g/mol. The number of carbonyl (C=O) groups is 2. The van der Waals surface area contributed by atoms with Crippen molar-refractivity contribution >= 4 is 23.5 Å². The average molecular weight is 315 g/mol. The molecule has 4 nitrogen and oxygen atoms in total. The molecule has 1 aromatic rings. The zero-order valence-electron chi connectivity index (χ0n) is 11.8. The molecule has 0 spiro atoms. The highest BCUT2D eigenvalue weighted by Crippen LogP contribution is 2.27. The third kappa shape index (κ3) is 6.40. The van der Waals surface area contributed by atoms with Crippen LogP contribution in [0.1, 0.15) is 20.3 Å². The molecular formula is C15H16ClFO4. The van der Waals surface area contributed by atoms with Crippen LogP contribution in [0.15, 0.2) is 30.4 Å². The summed E-state index contributed by atoms with van der Waals surface area (Å²) in [6, 6.07) is 3.88. The van der Waals surface area contributed by atoms with Crippen LogP contribution in [0.4, 0.5) is 4.39 Å². The summed E-state index contributed by atoms with van der Waals surface area (Å²) in [4.78, 5) is 22.8. The van der Waals surface area contributed by atoms with E-state index in [9.17, 15) is 14.0 Å². The van der Waals surface area contributed by atoms with E-state index >= 15 is 0 Å². The van der Waals surface area contributed by atoms with Gasteiger partial charge in [0, 0.05) is 12.2 Å². The molecule has 1 aromatic carbocycles. The fraction of sp³-hybridized carbons (Fsp3) is 0.333. The Hall–Kier alpha value is -1.88. The Balaban J connectivity index is 2.50. The molecule has 0 radical (unpaired) electrons. The predicted octanol–water partition coefficient (Wildman–Crippen LogP) is 3.53. The topological polar surface area (TPSA) is 52.6 Å². The number of carbonyl (C=O) groups excluding carboxylic acids is 2. The Morgan fingerprint density at radius 1 is 1.29 bits per heavy atom. The van der Waals surface area contributed by atoms with Crippen LogP contribution in [0, 0.1) is 11.7 Å². The van der Waals surface area contributed by atoms with E-state index in [2.05, 4.69) is 0 Å². The highest BCUT2D eigenvalue weighted by atomic mass is 35.5. The van der Waals surface area contributed by atoms with E-state index in [4.69, 9.17) is 21.1 Å². The number of rotatable bonds is 6. The minimum Gasteiger partial charge on any atom is -0.463 e. The third-order valence-electron chi connectivity index (χ3n) is 2.42. The van der Waals surface area contributed by atoms with Gasteiger partial charge in [0.15, 0.2) is 11.6 Å². The van der Waals surface area contributed by atoms with Crippen molar-refractivity contribution in [1.29, 1.82) is 0 Å². The van der Waals surface area contributed by atoms with Crippen LogP contribution in [-0.2, 0) is 14.3 Å². The first kappa shape index (κ1) is 17.2. The van der Waals surface area contributed by atoms with E-state index in [1.165, 1.54) is 12.1 Å². The molecule has 0 bridgehead atoms. The molecular weight excluding hydrogens is 299 g/mol. The lowest BCUT2D eigenvalue weighted by molar-refractivity contribution is -0.138. The van der Waals surface area contributed by atoms with Gasteiger partial charge in [-0.3, -0.25) is 0 Å². The Kier molecular flexibility index (Phi) is 6.88. The number of esters is 2. The normalized spacial score (nSPS) is 10.9. The van der Waals surface area contributed by atoms with Gasteiger partial charge in [0.2, 0.25) is 0 Å². The molecule has 6 heteroatoms. The second-order valence-corrected chi connectivity index (χ2v) is 5.06. The molecule has 0 saturated carbocycles. The van der Waals surface area contributed by atoms with Gasteiger partial charge in [-0.1, -0.05) is 31.5 Å². The Bertz CT molecular complexity index is 520. The summed E-state index contributed by atoms with van der Waals surface area (Å²) in [5.74, 6) is -2.30. The molecule has 0 amide bonds. The van der Waals surface area contributed by atoms with Crippen LogP contribution in [-0.4, -0.2) is 18.5 Å². The van der Waals surface area contributed by atoms with Crippen LogP contribution in [0.5, 0.6) is 5.75 Å². The molecule has 0 saturated heterocycles. The summed E-state index contributed by atoms with van der Waals surface area (Å²) in [6.45, 7) is 4.27. The van der Waals surface area contributed by atoms with Crippen LogP contribution in [0.25, 0.3) is 0 Å². The molecule has 0 aliphatic carbocycles. The summed E-state index contributed by atoms with van der Waals surface area (Å²) in [6.07, 6.45) is 2.52. The first-order valence-corrected chi connectivity index (χ1v) is 6.78. The van der Waals surface area contributed by atoms with Crippen molar-refractivity contribution in [2.75, 3.05) is 6.61 Å². The summed E-state index contributed by atoms with van der Waals surface area (Å²) >= 11 is 5.70. The van der Waals surface area contributed by atoms with E-state index in [1.54, 1.807) is 0 Å². The van der Waals surface area contributed by atoms with Crippen LogP contribution < -0.4 is 4.74 Å². The van der Waals surface area contributed by atoms with Gasteiger partial charge < -0.3 is 9.47 Å². The summed E-state index contributed by atoms with van der Waals surface area (Å²) < 4.78 is 23.0. The second kappa shape index (κ2) is 8.42. The average Bonchev–Trinajstić information content (AvgIpc) is 2.40. The van der Waals surface area contributed by atoms with Gasteiger partial charge >= 0.3 is 11.9 Å². The lowest BCUT2D eigenvalue weighted by Crippen LogP contribution is -2.09. The van der Waals surface area contributed by atoms with Crippen molar-refractivity contribution < 1.29 is 23.5 Å². The Morgan fingerprint density at radius 3 is 2.57 bits per heavy atom.